The third-order valence-electron chi connectivity index (χ3n) is 6.23. The fourth-order valence-electron chi connectivity index (χ4n) is 4.55. The minimum atomic E-state index is 0.522. The minimum Gasteiger partial charge on any atom is -0.378 e. The zero-order chi connectivity index (χ0) is 19.9. The SMILES string of the molecule is c1ccc2c(C3CCN(c4ccc5nc(N6CCOCC6)sc5n4)CC3)[nH]nc2c1. The van der Waals surface area contributed by atoms with Gasteiger partial charge in [-0.05, 0) is 31.0 Å². The van der Waals surface area contributed by atoms with E-state index in [2.05, 4.69) is 50.3 Å². The summed E-state index contributed by atoms with van der Waals surface area (Å²) in [6, 6.07) is 12.6. The highest BCUT2D eigenvalue weighted by Crippen LogP contribution is 2.34. The number of morpholine rings is 1. The van der Waals surface area contributed by atoms with Crippen LogP contribution in [0.25, 0.3) is 21.3 Å². The second kappa shape index (κ2) is 7.52. The number of para-hydroxylation sites is 1. The van der Waals surface area contributed by atoms with E-state index in [9.17, 15) is 0 Å². The first kappa shape index (κ1) is 18.1. The van der Waals surface area contributed by atoms with Crippen LogP contribution < -0.4 is 9.80 Å². The molecule has 0 aliphatic carbocycles. The van der Waals surface area contributed by atoms with Crippen LogP contribution in [0.3, 0.4) is 0 Å². The van der Waals surface area contributed by atoms with Crippen LogP contribution in [-0.2, 0) is 4.74 Å². The van der Waals surface area contributed by atoms with Crippen LogP contribution in [0.1, 0.15) is 24.5 Å². The number of ether oxygens (including phenoxy) is 1. The average molecular weight is 421 g/mol. The van der Waals surface area contributed by atoms with E-state index in [4.69, 9.17) is 14.7 Å². The molecule has 4 aromatic rings. The largest absolute Gasteiger partial charge is 0.378 e. The van der Waals surface area contributed by atoms with Crippen molar-refractivity contribution in [3.05, 3.63) is 42.1 Å². The molecule has 0 radical (unpaired) electrons. The summed E-state index contributed by atoms with van der Waals surface area (Å²) in [7, 11) is 0. The van der Waals surface area contributed by atoms with Gasteiger partial charge in [-0.1, -0.05) is 29.5 Å². The Morgan fingerprint density at radius 3 is 2.60 bits per heavy atom. The molecule has 0 unspecified atom stereocenters. The molecule has 154 valence electrons. The monoisotopic (exact) mass is 420 g/mol. The molecule has 2 saturated heterocycles. The van der Waals surface area contributed by atoms with Crippen molar-refractivity contribution in [3.63, 3.8) is 0 Å². The molecule has 7 nitrogen and oxygen atoms in total. The molecule has 0 amide bonds. The summed E-state index contributed by atoms with van der Waals surface area (Å²) >= 11 is 1.69. The predicted molar refractivity (Wildman–Crippen MR) is 121 cm³/mol. The van der Waals surface area contributed by atoms with E-state index in [0.717, 1.165) is 79.0 Å². The van der Waals surface area contributed by atoms with E-state index < -0.39 is 0 Å². The lowest BCUT2D eigenvalue weighted by Gasteiger charge is -2.32. The highest BCUT2D eigenvalue weighted by atomic mass is 32.1. The first-order chi connectivity index (χ1) is 14.8. The Morgan fingerprint density at radius 2 is 1.73 bits per heavy atom. The Morgan fingerprint density at radius 1 is 0.900 bits per heavy atom. The lowest BCUT2D eigenvalue weighted by atomic mass is 9.91. The fourth-order valence-corrected chi connectivity index (χ4v) is 5.54. The molecule has 5 heterocycles. The molecule has 6 rings (SSSR count). The van der Waals surface area contributed by atoms with Gasteiger partial charge in [0.2, 0.25) is 0 Å². The lowest BCUT2D eigenvalue weighted by molar-refractivity contribution is 0.122. The number of nitrogens with one attached hydrogen (secondary N) is 1. The lowest BCUT2D eigenvalue weighted by Crippen LogP contribution is -2.36. The molecule has 2 aliphatic heterocycles. The van der Waals surface area contributed by atoms with Crippen LogP contribution in [0.4, 0.5) is 10.9 Å². The zero-order valence-corrected chi connectivity index (χ0v) is 17.6. The molecule has 30 heavy (non-hydrogen) atoms. The highest BCUT2D eigenvalue weighted by Gasteiger charge is 2.25. The third kappa shape index (κ3) is 3.20. The first-order valence-corrected chi connectivity index (χ1v) is 11.4. The maximum atomic E-state index is 5.46. The zero-order valence-electron chi connectivity index (χ0n) is 16.8. The number of nitrogens with zero attached hydrogens (tertiary/aromatic N) is 5. The van der Waals surface area contributed by atoms with Gasteiger partial charge in [0.15, 0.2) is 5.13 Å². The number of piperidine rings is 1. The van der Waals surface area contributed by atoms with Crippen LogP contribution in [0.2, 0.25) is 0 Å². The Balaban J connectivity index is 1.19. The van der Waals surface area contributed by atoms with Crippen molar-refractivity contribution >= 4 is 43.5 Å². The second-order valence-electron chi connectivity index (χ2n) is 8.01. The van der Waals surface area contributed by atoms with E-state index in [1.807, 2.05) is 6.07 Å². The average Bonchev–Trinajstić information content (AvgIpc) is 3.44. The van der Waals surface area contributed by atoms with Gasteiger partial charge in [0.05, 0.1) is 18.7 Å². The second-order valence-corrected chi connectivity index (χ2v) is 8.96. The van der Waals surface area contributed by atoms with Crippen LogP contribution in [0.15, 0.2) is 36.4 Å². The summed E-state index contributed by atoms with van der Waals surface area (Å²) in [5.74, 6) is 1.58. The molecular formula is C22H24N6OS. The number of aromatic nitrogens is 4. The Bertz CT molecular complexity index is 1170. The summed E-state index contributed by atoms with van der Waals surface area (Å²) in [5.41, 5.74) is 3.33. The Hall–Kier alpha value is -2.71. The van der Waals surface area contributed by atoms with Crippen molar-refractivity contribution in [2.75, 3.05) is 49.2 Å². The van der Waals surface area contributed by atoms with E-state index in [-0.39, 0.29) is 0 Å². The van der Waals surface area contributed by atoms with Crippen molar-refractivity contribution < 1.29 is 4.74 Å². The number of hydrogen-bond donors (Lipinski definition) is 1. The summed E-state index contributed by atoms with van der Waals surface area (Å²) in [5, 5.41) is 10.1. The standard InChI is InChI=1S/C22H24N6OS/c1-2-4-17-16(3-1)20(26-25-17)15-7-9-27(10-8-15)19-6-5-18-21(24-19)30-22(23-18)28-11-13-29-14-12-28/h1-6,15H,7-14H2,(H,25,26). The topological polar surface area (TPSA) is 70.2 Å². The van der Waals surface area contributed by atoms with E-state index in [0.29, 0.717) is 5.92 Å². The van der Waals surface area contributed by atoms with Crippen molar-refractivity contribution in [2.45, 2.75) is 18.8 Å². The molecule has 8 heteroatoms. The van der Waals surface area contributed by atoms with Crippen LogP contribution in [0, 0.1) is 0 Å². The number of fused-ring (bicyclic) bond motifs is 2. The van der Waals surface area contributed by atoms with Crippen LogP contribution in [-0.4, -0.2) is 59.6 Å². The molecule has 0 atom stereocenters. The number of thiazole rings is 1. The van der Waals surface area contributed by atoms with Gasteiger partial charge in [-0.15, -0.1) is 0 Å². The summed E-state index contributed by atoms with van der Waals surface area (Å²) < 4.78 is 5.46. The van der Waals surface area contributed by atoms with Gasteiger partial charge in [0.1, 0.15) is 16.2 Å². The van der Waals surface area contributed by atoms with Gasteiger partial charge >= 0.3 is 0 Å². The molecule has 0 spiro atoms. The van der Waals surface area contributed by atoms with Gasteiger partial charge in [-0.2, -0.15) is 5.10 Å². The summed E-state index contributed by atoms with van der Waals surface area (Å²) in [6.07, 6.45) is 2.21. The van der Waals surface area contributed by atoms with E-state index >= 15 is 0 Å². The molecular weight excluding hydrogens is 396 g/mol. The molecule has 0 saturated carbocycles. The number of hydrogen-bond acceptors (Lipinski definition) is 7. The number of rotatable bonds is 3. The maximum absolute atomic E-state index is 5.46. The fraction of sp³-hybridized carbons (Fsp3) is 0.409. The first-order valence-electron chi connectivity index (χ1n) is 10.6. The van der Waals surface area contributed by atoms with Gasteiger partial charge in [-0.3, -0.25) is 5.10 Å². The third-order valence-corrected chi connectivity index (χ3v) is 7.26. The van der Waals surface area contributed by atoms with Gasteiger partial charge in [0.25, 0.3) is 0 Å². The smallest absolute Gasteiger partial charge is 0.188 e. The number of aromatic amines is 1. The normalized spacial score (nSPS) is 18.5. The number of anilines is 2. The number of pyridine rings is 1. The molecule has 0 bridgehead atoms. The summed E-state index contributed by atoms with van der Waals surface area (Å²) in [6.45, 7) is 5.37. The minimum absolute atomic E-state index is 0.522. The van der Waals surface area contributed by atoms with Crippen molar-refractivity contribution in [1.29, 1.82) is 0 Å². The number of benzene rings is 1. The van der Waals surface area contributed by atoms with Crippen LogP contribution >= 0.6 is 11.3 Å². The quantitative estimate of drug-likeness (QED) is 0.544. The van der Waals surface area contributed by atoms with Crippen molar-refractivity contribution in [2.24, 2.45) is 0 Å². The summed E-state index contributed by atoms with van der Waals surface area (Å²) in [4.78, 5) is 15.5. The van der Waals surface area contributed by atoms with Gasteiger partial charge < -0.3 is 14.5 Å². The Kier molecular flexibility index (Phi) is 4.53. The van der Waals surface area contributed by atoms with Crippen molar-refractivity contribution in [1.82, 2.24) is 20.2 Å². The molecule has 3 aromatic heterocycles. The Labute approximate surface area is 178 Å². The van der Waals surface area contributed by atoms with Gasteiger partial charge in [0, 0.05) is 43.2 Å². The number of H-pyrrole nitrogens is 1. The molecule has 1 aromatic carbocycles. The molecule has 1 N–H and O–H groups in total. The van der Waals surface area contributed by atoms with E-state index in [1.54, 1.807) is 11.3 Å². The maximum Gasteiger partial charge on any atom is 0.188 e. The van der Waals surface area contributed by atoms with Gasteiger partial charge in [-0.25, -0.2) is 9.97 Å². The molecule has 2 fully saturated rings. The highest BCUT2D eigenvalue weighted by molar-refractivity contribution is 7.21. The van der Waals surface area contributed by atoms with Crippen LogP contribution in [0.5, 0.6) is 0 Å². The van der Waals surface area contributed by atoms with E-state index in [1.165, 1.54) is 11.1 Å². The van der Waals surface area contributed by atoms with Crippen molar-refractivity contribution in [3.8, 4) is 0 Å². The predicted octanol–water partition coefficient (Wildman–Crippen LogP) is 3.79. The molecule has 2 aliphatic rings.